The van der Waals surface area contributed by atoms with Crippen LogP contribution >= 0.6 is 22.9 Å². The molecule has 2 aromatic heterocycles. The number of hydrogen-bond acceptors (Lipinski definition) is 5. The second-order valence-electron chi connectivity index (χ2n) is 8.74. The zero-order chi connectivity index (χ0) is 23.2. The van der Waals surface area contributed by atoms with E-state index in [1.165, 1.54) is 16.0 Å². The van der Waals surface area contributed by atoms with Gasteiger partial charge in [-0.2, -0.15) is 5.10 Å². The van der Waals surface area contributed by atoms with Crippen molar-refractivity contribution in [3.63, 3.8) is 0 Å². The molecule has 0 aliphatic carbocycles. The number of para-hydroxylation sites is 1. The van der Waals surface area contributed by atoms with Gasteiger partial charge in [-0.05, 0) is 36.6 Å². The van der Waals surface area contributed by atoms with Crippen LogP contribution in [0.25, 0.3) is 5.69 Å². The highest BCUT2D eigenvalue weighted by atomic mass is 35.5. The molecule has 172 valence electrons. The van der Waals surface area contributed by atoms with E-state index in [4.69, 9.17) is 11.6 Å². The minimum atomic E-state index is -0.425. The number of nitrogens with one attached hydrogen (secondary N) is 2. The van der Waals surface area contributed by atoms with E-state index in [1.54, 1.807) is 16.0 Å². The lowest BCUT2D eigenvalue weighted by molar-refractivity contribution is 0.0934. The summed E-state index contributed by atoms with van der Waals surface area (Å²) in [5.41, 5.74) is 5.74. The fourth-order valence-corrected chi connectivity index (χ4v) is 6.57. The molecule has 0 spiro atoms. The number of aryl methyl sites for hydroxylation is 1. The number of nitrogens with zero attached hydrogens (tertiary/aromatic N) is 3. The van der Waals surface area contributed by atoms with Crippen LogP contribution in [0.3, 0.4) is 0 Å². The highest BCUT2D eigenvalue weighted by Crippen LogP contribution is 2.42. The zero-order valence-electron chi connectivity index (χ0n) is 18.7. The molecule has 34 heavy (non-hydrogen) atoms. The second kappa shape index (κ2) is 8.58. The van der Waals surface area contributed by atoms with Crippen molar-refractivity contribution in [1.29, 1.82) is 0 Å². The zero-order valence-corrected chi connectivity index (χ0v) is 20.3. The SMILES string of the molecule is Cc1nn(-c2ccccc2)c(Cl)c1[C@@H]1NC(=O)c2c(sc3c2CCN(Cc2ccccc2)C3)N1. The molecule has 0 bridgehead atoms. The molecule has 2 aromatic carbocycles. The Morgan fingerprint density at radius 3 is 2.59 bits per heavy atom. The maximum absolute atomic E-state index is 13.2. The Kier molecular flexibility index (Phi) is 5.40. The molecule has 6 rings (SSSR count). The molecule has 2 N–H and O–H groups in total. The number of hydrogen-bond donors (Lipinski definition) is 2. The van der Waals surface area contributed by atoms with E-state index < -0.39 is 6.17 Å². The van der Waals surface area contributed by atoms with Gasteiger partial charge in [0.05, 0.1) is 22.5 Å². The summed E-state index contributed by atoms with van der Waals surface area (Å²) in [6.07, 6.45) is 0.449. The third kappa shape index (κ3) is 3.70. The Hall–Kier alpha value is -3.13. The van der Waals surface area contributed by atoms with Gasteiger partial charge in [0.25, 0.3) is 5.91 Å². The predicted octanol–water partition coefficient (Wildman–Crippen LogP) is 5.31. The first-order valence-electron chi connectivity index (χ1n) is 11.4. The summed E-state index contributed by atoms with van der Waals surface area (Å²) in [7, 11) is 0. The maximum Gasteiger partial charge on any atom is 0.256 e. The molecule has 0 radical (unpaired) electrons. The van der Waals surface area contributed by atoms with Gasteiger partial charge in [0.15, 0.2) is 0 Å². The Labute approximate surface area is 207 Å². The lowest BCUT2D eigenvalue weighted by atomic mass is 10.00. The molecule has 4 heterocycles. The van der Waals surface area contributed by atoms with Crippen molar-refractivity contribution in [3.8, 4) is 5.69 Å². The van der Waals surface area contributed by atoms with Gasteiger partial charge in [-0.25, -0.2) is 4.68 Å². The third-order valence-corrected chi connectivity index (χ3v) is 8.01. The van der Waals surface area contributed by atoms with Crippen LogP contribution in [-0.2, 0) is 19.5 Å². The molecule has 0 saturated carbocycles. The van der Waals surface area contributed by atoms with Crippen LogP contribution in [0.5, 0.6) is 0 Å². The van der Waals surface area contributed by atoms with Gasteiger partial charge in [0.1, 0.15) is 16.3 Å². The summed E-state index contributed by atoms with van der Waals surface area (Å²) in [6.45, 7) is 4.63. The Morgan fingerprint density at radius 2 is 1.82 bits per heavy atom. The number of carbonyl (C=O) groups is 1. The first-order chi connectivity index (χ1) is 16.6. The quantitative estimate of drug-likeness (QED) is 0.408. The summed E-state index contributed by atoms with van der Waals surface area (Å²) < 4.78 is 1.72. The van der Waals surface area contributed by atoms with Crippen LogP contribution < -0.4 is 10.6 Å². The second-order valence-corrected chi connectivity index (χ2v) is 10.2. The summed E-state index contributed by atoms with van der Waals surface area (Å²) in [4.78, 5) is 17.0. The molecule has 2 aliphatic rings. The molecule has 0 unspecified atom stereocenters. The van der Waals surface area contributed by atoms with Gasteiger partial charge in [0.2, 0.25) is 0 Å². The number of halogens is 1. The molecule has 0 saturated heterocycles. The number of amides is 1. The fourth-order valence-electron chi connectivity index (χ4n) is 4.87. The van der Waals surface area contributed by atoms with Gasteiger partial charge >= 0.3 is 0 Å². The smallest absolute Gasteiger partial charge is 0.256 e. The van der Waals surface area contributed by atoms with Crippen LogP contribution in [0.1, 0.15) is 43.8 Å². The average Bonchev–Trinajstić information content (AvgIpc) is 3.36. The number of aromatic nitrogens is 2. The lowest BCUT2D eigenvalue weighted by Crippen LogP contribution is -2.39. The van der Waals surface area contributed by atoms with Crippen molar-refractivity contribution in [2.45, 2.75) is 32.6 Å². The molecule has 4 aromatic rings. The summed E-state index contributed by atoms with van der Waals surface area (Å²) in [5, 5.41) is 12.7. The maximum atomic E-state index is 13.2. The number of fused-ring (bicyclic) bond motifs is 3. The topological polar surface area (TPSA) is 62.2 Å². The van der Waals surface area contributed by atoms with E-state index in [9.17, 15) is 4.79 Å². The standard InChI is InChI=1S/C26H24ClN5OS/c1-16-21(23(27)32(30-16)18-10-6-3-7-11-18)24-28-25(33)22-19-12-13-31(14-17-8-4-2-5-9-17)15-20(19)34-26(22)29-24/h2-11,24,29H,12-15H2,1H3,(H,28,33)/t24-/m1/s1. The molecule has 0 fully saturated rings. The number of carbonyl (C=O) groups excluding carboxylic acids is 1. The lowest BCUT2D eigenvalue weighted by Gasteiger charge is -2.28. The van der Waals surface area contributed by atoms with E-state index in [2.05, 4.69) is 44.9 Å². The van der Waals surface area contributed by atoms with E-state index >= 15 is 0 Å². The predicted molar refractivity (Wildman–Crippen MR) is 136 cm³/mol. The van der Waals surface area contributed by atoms with Gasteiger partial charge < -0.3 is 10.6 Å². The number of thiophene rings is 1. The largest absolute Gasteiger partial charge is 0.352 e. The van der Waals surface area contributed by atoms with Gasteiger partial charge in [-0.1, -0.05) is 60.1 Å². The van der Waals surface area contributed by atoms with Gasteiger partial charge in [0, 0.05) is 24.5 Å². The van der Waals surface area contributed by atoms with Crippen molar-refractivity contribution in [1.82, 2.24) is 20.0 Å². The van der Waals surface area contributed by atoms with Crippen LogP contribution in [0, 0.1) is 6.92 Å². The van der Waals surface area contributed by atoms with Gasteiger partial charge in [-0.15, -0.1) is 11.3 Å². The average molecular weight is 490 g/mol. The summed E-state index contributed by atoms with van der Waals surface area (Å²) in [6, 6.07) is 20.3. The summed E-state index contributed by atoms with van der Waals surface area (Å²) in [5.74, 6) is -0.0457. The van der Waals surface area contributed by atoms with E-state index in [0.29, 0.717) is 5.15 Å². The van der Waals surface area contributed by atoms with Crippen molar-refractivity contribution < 1.29 is 4.79 Å². The molecule has 6 nitrogen and oxygen atoms in total. The molecule has 8 heteroatoms. The Morgan fingerprint density at radius 1 is 1.09 bits per heavy atom. The van der Waals surface area contributed by atoms with Crippen molar-refractivity contribution >= 4 is 33.8 Å². The van der Waals surface area contributed by atoms with E-state index in [1.807, 2.05) is 43.3 Å². The first kappa shape index (κ1) is 21.4. The highest BCUT2D eigenvalue weighted by Gasteiger charge is 2.35. The van der Waals surface area contributed by atoms with Crippen LogP contribution in [0.2, 0.25) is 5.15 Å². The van der Waals surface area contributed by atoms with Crippen LogP contribution in [0.15, 0.2) is 60.7 Å². The molecular formula is C26H24ClN5OS. The molecule has 1 atom stereocenters. The molecule has 2 aliphatic heterocycles. The number of anilines is 1. The van der Waals surface area contributed by atoms with Crippen molar-refractivity contribution in [3.05, 3.63) is 98.6 Å². The minimum Gasteiger partial charge on any atom is -0.352 e. The number of rotatable bonds is 4. The highest BCUT2D eigenvalue weighted by molar-refractivity contribution is 7.16. The van der Waals surface area contributed by atoms with E-state index in [0.717, 1.165) is 53.6 Å². The first-order valence-corrected chi connectivity index (χ1v) is 12.6. The van der Waals surface area contributed by atoms with Gasteiger partial charge in [-0.3, -0.25) is 9.69 Å². The molecular weight excluding hydrogens is 466 g/mol. The van der Waals surface area contributed by atoms with Crippen molar-refractivity contribution in [2.24, 2.45) is 0 Å². The monoisotopic (exact) mass is 489 g/mol. The number of benzene rings is 2. The van der Waals surface area contributed by atoms with Crippen molar-refractivity contribution in [2.75, 3.05) is 11.9 Å². The Bertz CT molecular complexity index is 1370. The molecule has 1 amide bonds. The van der Waals surface area contributed by atoms with Crippen LogP contribution in [0.4, 0.5) is 5.00 Å². The Balaban J connectivity index is 1.27. The van der Waals surface area contributed by atoms with E-state index in [-0.39, 0.29) is 5.91 Å². The normalized spacial score (nSPS) is 17.6. The van der Waals surface area contributed by atoms with Crippen LogP contribution in [-0.4, -0.2) is 27.1 Å². The minimum absolute atomic E-state index is 0.0457. The third-order valence-electron chi connectivity index (χ3n) is 6.50. The fraction of sp³-hybridized carbons (Fsp3) is 0.231. The summed E-state index contributed by atoms with van der Waals surface area (Å²) >= 11 is 8.46.